The summed E-state index contributed by atoms with van der Waals surface area (Å²) >= 11 is 0. The molecule has 5 rings (SSSR count). The van der Waals surface area contributed by atoms with Crippen molar-refractivity contribution in [2.45, 2.75) is 46.0 Å². The Morgan fingerprint density at radius 3 is 2.56 bits per heavy atom. The van der Waals surface area contributed by atoms with Gasteiger partial charge in [0, 0.05) is 43.2 Å². The van der Waals surface area contributed by atoms with Gasteiger partial charge in [0.05, 0.1) is 5.92 Å². The first-order valence-corrected chi connectivity index (χ1v) is 12.0. The van der Waals surface area contributed by atoms with Gasteiger partial charge in [0.25, 0.3) is 5.89 Å². The largest absolute Gasteiger partial charge is 0.342 e. The van der Waals surface area contributed by atoms with Crippen LogP contribution >= 0.6 is 0 Å². The lowest BCUT2D eigenvalue weighted by molar-refractivity contribution is -0.136. The zero-order valence-corrected chi connectivity index (χ0v) is 20.0. The van der Waals surface area contributed by atoms with E-state index in [-0.39, 0.29) is 30.1 Å². The molecule has 0 spiro atoms. The van der Waals surface area contributed by atoms with Crippen molar-refractivity contribution in [3.63, 3.8) is 0 Å². The number of anilines is 1. The Bertz CT molecular complexity index is 1230. The van der Waals surface area contributed by atoms with Crippen molar-refractivity contribution < 1.29 is 14.1 Å². The summed E-state index contributed by atoms with van der Waals surface area (Å²) in [5, 5.41) is 4.22. The van der Waals surface area contributed by atoms with Crippen molar-refractivity contribution in [2.75, 3.05) is 24.5 Å². The van der Waals surface area contributed by atoms with Crippen LogP contribution in [-0.2, 0) is 9.59 Å². The van der Waals surface area contributed by atoms with Gasteiger partial charge in [0.2, 0.25) is 11.8 Å². The fraction of sp³-hybridized carbons (Fsp3) is 0.407. The van der Waals surface area contributed by atoms with Crippen LogP contribution in [0.5, 0.6) is 0 Å². The third kappa shape index (κ3) is 4.34. The number of carbonyl (C=O) groups is 2. The maximum absolute atomic E-state index is 13.2. The highest BCUT2D eigenvalue weighted by molar-refractivity contribution is 6.00. The predicted octanol–water partition coefficient (Wildman–Crippen LogP) is 4.42. The monoisotopic (exact) mass is 458 g/mol. The minimum absolute atomic E-state index is 0.0203. The summed E-state index contributed by atoms with van der Waals surface area (Å²) in [5.74, 6) is 1.22. The number of nitrogens with zero attached hydrogens (tertiary/aromatic N) is 4. The van der Waals surface area contributed by atoms with E-state index in [4.69, 9.17) is 4.52 Å². The number of amides is 2. The minimum Gasteiger partial charge on any atom is -0.342 e. The van der Waals surface area contributed by atoms with Crippen molar-refractivity contribution in [3.8, 4) is 11.5 Å². The van der Waals surface area contributed by atoms with Crippen molar-refractivity contribution in [1.29, 1.82) is 0 Å². The molecule has 2 amide bonds. The van der Waals surface area contributed by atoms with Gasteiger partial charge in [-0.05, 0) is 69.0 Å². The highest BCUT2D eigenvalue weighted by Crippen LogP contribution is 2.32. The number of hydrogen-bond donors (Lipinski definition) is 0. The van der Waals surface area contributed by atoms with Gasteiger partial charge < -0.3 is 14.3 Å². The summed E-state index contributed by atoms with van der Waals surface area (Å²) in [6.07, 6.45) is 1.86. The fourth-order valence-corrected chi connectivity index (χ4v) is 4.93. The van der Waals surface area contributed by atoms with Crippen LogP contribution in [-0.4, -0.2) is 46.5 Å². The van der Waals surface area contributed by atoms with Crippen LogP contribution in [0.4, 0.5) is 5.69 Å². The summed E-state index contributed by atoms with van der Waals surface area (Å²) in [7, 11) is 0. The lowest BCUT2D eigenvalue weighted by atomic mass is 9.95. The second-order valence-electron chi connectivity index (χ2n) is 9.60. The van der Waals surface area contributed by atoms with E-state index in [1.165, 1.54) is 5.56 Å². The average Bonchev–Trinajstić information content (AvgIpc) is 3.48. The zero-order valence-electron chi connectivity index (χ0n) is 20.0. The van der Waals surface area contributed by atoms with E-state index in [1.54, 1.807) is 4.90 Å². The van der Waals surface area contributed by atoms with Crippen molar-refractivity contribution in [1.82, 2.24) is 15.0 Å². The second kappa shape index (κ2) is 9.05. The molecule has 176 valence electrons. The molecular formula is C27H30N4O3. The summed E-state index contributed by atoms with van der Waals surface area (Å²) in [5.41, 5.74) is 5.28. The highest BCUT2D eigenvalue weighted by atomic mass is 16.5. The van der Waals surface area contributed by atoms with Crippen molar-refractivity contribution in [3.05, 3.63) is 65.0 Å². The predicted molar refractivity (Wildman–Crippen MR) is 129 cm³/mol. The van der Waals surface area contributed by atoms with Gasteiger partial charge in [0.15, 0.2) is 5.82 Å². The van der Waals surface area contributed by atoms with E-state index < -0.39 is 0 Å². The lowest BCUT2D eigenvalue weighted by Gasteiger charge is -2.32. The molecule has 2 aliphatic rings. The Morgan fingerprint density at radius 1 is 1.03 bits per heavy atom. The Kier molecular flexibility index (Phi) is 5.94. The number of aryl methyl sites for hydroxylation is 3. The van der Waals surface area contributed by atoms with E-state index in [0.29, 0.717) is 31.3 Å². The number of piperidine rings is 1. The Balaban J connectivity index is 1.19. The third-order valence-corrected chi connectivity index (χ3v) is 7.15. The van der Waals surface area contributed by atoms with Gasteiger partial charge in [-0.1, -0.05) is 28.9 Å². The SMILES string of the molecule is Cc1cccc(-c2nc(C3CCN(C(=O)[C@@H]4CC(=O)N(c5ccc(C)c(C)c5)C4)CC3)no2)c1. The Morgan fingerprint density at radius 2 is 1.82 bits per heavy atom. The molecule has 1 atom stereocenters. The van der Waals surface area contributed by atoms with Crippen LogP contribution < -0.4 is 4.90 Å². The van der Waals surface area contributed by atoms with Gasteiger partial charge >= 0.3 is 0 Å². The van der Waals surface area contributed by atoms with Gasteiger partial charge in [-0.3, -0.25) is 9.59 Å². The number of hydrogen-bond acceptors (Lipinski definition) is 5. The Hall–Kier alpha value is -3.48. The molecule has 0 bridgehead atoms. The molecule has 2 saturated heterocycles. The lowest BCUT2D eigenvalue weighted by Crippen LogP contribution is -2.42. The fourth-order valence-electron chi connectivity index (χ4n) is 4.93. The second-order valence-corrected chi connectivity index (χ2v) is 9.60. The number of benzene rings is 2. The molecule has 7 heteroatoms. The third-order valence-electron chi connectivity index (χ3n) is 7.15. The van der Waals surface area contributed by atoms with Crippen molar-refractivity contribution >= 4 is 17.5 Å². The molecule has 0 aliphatic carbocycles. The topological polar surface area (TPSA) is 79.5 Å². The molecule has 0 radical (unpaired) electrons. The molecule has 2 aliphatic heterocycles. The van der Waals surface area contributed by atoms with Gasteiger partial charge in [0.1, 0.15) is 0 Å². The Labute approximate surface area is 199 Å². The maximum Gasteiger partial charge on any atom is 0.257 e. The summed E-state index contributed by atoms with van der Waals surface area (Å²) < 4.78 is 5.51. The summed E-state index contributed by atoms with van der Waals surface area (Å²) in [6.45, 7) is 7.87. The van der Waals surface area contributed by atoms with Crippen molar-refractivity contribution in [2.24, 2.45) is 5.92 Å². The molecule has 3 heterocycles. The van der Waals surface area contributed by atoms with E-state index in [1.807, 2.05) is 61.2 Å². The first-order valence-electron chi connectivity index (χ1n) is 12.0. The maximum atomic E-state index is 13.2. The smallest absolute Gasteiger partial charge is 0.257 e. The summed E-state index contributed by atoms with van der Waals surface area (Å²) in [4.78, 5) is 34.2. The number of carbonyl (C=O) groups excluding carboxylic acids is 2. The zero-order chi connectivity index (χ0) is 23.8. The van der Waals surface area contributed by atoms with E-state index in [0.717, 1.165) is 35.2 Å². The van der Waals surface area contributed by atoms with Crippen LogP contribution in [0.15, 0.2) is 47.0 Å². The molecule has 0 N–H and O–H groups in total. The first kappa shape index (κ1) is 22.3. The van der Waals surface area contributed by atoms with E-state index in [2.05, 4.69) is 17.1 Å². The highest BCUT2D eigenvalue weighted by Gasteiger charge is 2.38. The van der Waals surface area contributed by atoms with Crippen LogP contribution in [0.2, 0.25) is 0 Å². The van der Waals surface area contributed by atoms with Gasteiger partial charge in [-0.25, -0.2) is 0 Å². The quantitative estimate of drug-likeness (QED) is 0.578. The van der Waals surface area contributed by atoms with Gasteiger partial charge in [-0.2, -0.15) is 4.98 Å². The standard InChI is InChI=1S/C27H30N4O3/c1-17-5-4-6-21(13-17)26-28-25(29-34-26)20-9-11-30(12-10-20)27(33)22-15-24(32)31(16-22)23-8-7-18(2)19(3)14-23/h4-8,13-14,20,22H,9-12,15-16H2,1-3H3/t22-/m1/s1. The summed E-state index contributed by atoms with van der Waals surface area (Å²) in [6, 6.07) is 14.0. The molecular weight excluding hydrogens is 428 g/mol. The number of likely N-dealkylation sites (tertiary alicyclic amines) is 1. The van der Waals surface area contributed by atoms with Crippen LogP contribution in [0.25, 0.3) is 11.5 Å². The van der Waals surface area contributed by atoms with E-state index in [9.17, 15) is 9.59 Å². The van der Waals surface area contributed by atoms with Gasteiger partial charge in [-0.15, -0.1) is 0 Å². The normalized spacial score (nSPS) is 19.1. The first-order chi connectivity index (χ1) is 16.4. The molecule has 1 aromatic heterocycles. The minimum atomic E-state index is -0.288. The van der Waals surface area contributed by atoms with Crippen LogP contribution in [0, 0.1) is 26.7 Å². The molecule has 0 unspecified atom stereocenters. The molecule has 3 aromatic rings. The molecule has 2 fully saturated rings. The average molecular weight is 459 g/mol. The molecule has 2 aromatic carbocycles. The number of aromatic nitrogens is 2. The molecule has 0 saturated carbocycles. The van der Waals surface area contributed by atoms with E-state index >= 15 is 0 Å². The molecule has 7 nitrogen and oxygen atoms in total. The van der Waals surface area contributed by atoms with Crippen LogP contribution in [0.1, 0.15) is 47.7 Å². The van der Waals surface area contributed by atoms with Crippen LogP contribution in [0.3, 0.4) is 0 Å². The molecule has 34 heavy (non-hydrogen) atoms. The number of rotatable bonds is 4.